The van der Waals surface area contributed by atoms with E-state index in [0.717, 1.165) is 11.3 Å². The van der Waals surface area contributed by atoms with E-state index in [1.807, 2.05) is 24.3 Å². The van der Waals surface area contributed by atoms with Gasteiger partial charge in [-0.3, -0.25) is 14.9 Å². The van der Waals surface area contributed by atoms with E-state index in [0.29, 0.717) is 18.5 Å². The molecule has 0 unspecified atom stereocenters. The molecule has 0 aliphatic rings. The van der Waals surface area contributed by atoms with Gasteiger partial charge in [0.25, 0.3) is 11.6 Å². The number of nitrogens with zero attached hydrogens (tertiary/aromatic N) is 1. The molecule has 0 aliphatic carbocycles. The Hall–Kier alpha value is -2.89. The molecule has 0 atom stereocenters. The number of non-ortho nitro benzene ring substituents is 1. The van der Waals surface area contributed by atoms with Crippen molar-refractivity contribution in [2.45, 2.75) is 6.42 Å². The van der Waals surface area contributed by atoms with Gasteiger partial charge >= 0.3 is 0 Å². The molecule has 114 valence electrons. The maximum Gasteiger partial charge on any atom is 0.269 e. The Labute approximate surface area is 127 Å². The average Bonchev–Trinajstić information content (AvgIpc) is 2.55. The quantitative estimate of drug-likeness (QED) is 0.656. The monoisotopic (exact) mass is 300 g/mol. The highest BCUT2D eigenvalue weighted by molar-refractivity contribution is 5.94. The number of nitro benzene ring substituents is 1. The second-order valence-electron chi connectivity index (χ2n) is 4.66. The normalized spacial score (nSPS) is 10.0. The fraction of sp³-hybridized carbons (Fsp3) is 0.188. The van der Waals surface area contributed by atoms with Gasteiger partial charge in [0.2, 0.25) is 0 Å². The number of nitro groups is 1. The molecule has 0 spiro atoms. The van der Waals surface area contributed by atoms with Crippen molar-refractivity contribution >= 4 is 11.6 Å². The predicted molar refractivity (Wildman–Crippen MR) is 82.1 cm³/mol. The first-order valence-electron chi connectivity index (χ1n) is 6.76. The van der Waals surface area contributed by atoms with E-state index in [9.17, 15) is 14.9 Å². The summed E-state index contributed by atoms with van der Waals surface area (Å²) in [5.74, 6) is 0.525. The molecular weight excluding hydrogens is 284 g/mol. The third-order valence-electron chi connectivity index (χ3n) is 3.17. The molecular formula is C16H16N2O4. The van der Waals surface area contributed by atoms with Gasteiger partial charge in [0, 0.05) is 24.2 Å². The molecule has 2 rings (SSSR count). The number of carbonyl (C=O) groups excluding carboxylic acids is 1. The van der Waals surface area contributed by atoms with Crippen molar-refractivity contribution in [2.24, 2.45) is 0 Å². The van der Waals surface area contributed by atoms with Crippen LogP contribution >= 0.6 is 0 Å². The zero-order valence-corrected chi connectivity index (χ0v) is 12.1. The van der Waals surface area contributed by atoms with Gasteiger partial charge in [0.05, 0.1) is 12.0 Å². The first-order chi connectivity index (χ1) is 10.6. The summed E-state index contributed by atoms with van der Waals surface area (Å²) in [4.78, 5) is 22.0. The number of nitrogens with one attached hydrogen (secondary N) is 1. The van der Waals surface area contributed by atoms with Gasteiger partial charge in [-0.2, -0.15) is 0 Å². The van der Waals surface area contributed by atoms with Crippen LogP contribution in [0, 0.1) is 10.1 Å². The van der Waals surface area contributed by atoms with Crippen LogP contribution in [0.5, 0.6) is 5.75 Å². The third-order valence-corrected chi connectivity index (χ3v) is 3.17. The number of methoxy groups -OCH3 is 1. The van der Waals surface area contributed by atoms with Crippen molar-refractivity contribution in [1.29, 1.82) is 0 Å². The molecule has 0 bridgehead atoms. The molecule has 0 heterocycles. The molecule has 1 amide bonds. The van der Waals surface area contributed by atoms with Crippen LogP contribution in [0.25, 0.3) is 0 Å². The van der Waals surface area contributed by atoms with Crippen LogP contribution < -0.4 is 10.1 Å². The molecule has 0 saturated carbocycles. The topological polar surface area (TPSA) is 81.5 Å². The molecule has 22 heavy (non-hydrogen) atoms. The highest BCUT2D eigenvalue weighted by atomic mass is 16.6. The van der Waals surface area contributed by atoms with Crippen molar-refractivity contribution in [2.75, 3.05) is 13.7 Å². The minimum absolute atomic E-state index is 0.0343. The van der Waals surface area contributed by atoms with E-state index in [1.54, 1.807) is 7.11 Å². The van der Waals surface area contributed by atoms with Crippen LogP contribution in [0.3, 0.4) is 0 Å². The summed E-state index contributed by atoms with van der Waals surface area (Å²) in [6, 6.07) is 13.1. The Kier molecular flexibility index (Phi) is 5.08. The second kappa shape index (κ2) is 7.21. The molecule has 6 heteroatoms. The number of hydrogen-bond donors (Lipinski definition) is 1. The van der Waals surface area contributed by atoms with Crippen LogP contribution in [0.15, 0.2) is 48.5 Å². The lowest BCUT2D eigenvalue weighted by Crippen LogP contribution is -2.25. The van der Waals surface area contributed by atoms with E-state index >= 15 is 0 Å². The summed E-state index contributed by atoms with van der Waals surface area (Å²) in [6.45, 7) is 0.475. The van der Waals surface area contributed by atoms with Crippen molar-refractivity contribution in [3.63, 3.8) is 0 Å². The maximum absolute atomic E-state index is 11.9. The molecule has 0 aliphatic heterocycles. The molecule has 2 aromatic carbocycles. The summed E-state index contributed by atoms with van der Waals surface area (Å²) < 4.78 is 5.14. The predicted octanol–water partition coefficient (Wildman–Crippen LogP) is 2.58. The first-order valence-corrected chi connectivity index (χ1v) is 6.76. The van der Waals surface area contributed by atoms with Crippen molar-refractivity contribution in [3.05, 3.63) is 69.8 Å². The number of ether oxygens (including phenoxy) is 1. The number of amides is 1. The summed E-state index contributed by atoms with van der Waals surface area (Å²) in [5, 5.41) is 13.3. The lowest BCUT2D eigenvalue weighted by atomic mass is 10.1. The minimum atomic E-state index is -0.496. The largest absolute Gasteiger partial charge is 0.497 e. The molecule has 0 radical (unpaired) electrons. The standard InChI is InChI=1S/C16H16N2O4/c1-22-15-4-2-3-12(11-15)9-10-17-16(19)13-5-7-14(8-6-13)18(20)21/h2-8,11H,9-10H2,1H3,(H,17,19). The Morgan fingerprint density at radius 2 is 1.95 bits per heavy atom. The molecule has 6 nitrogen and oxygen atoms in total. The van der Waals surface area contributed by atoms with Crippen molar-refractivity contribution in [3.8, 4) is 5.75 Å². The van der Waals surface area contributed by atoms with Crippen LogP contribution in [0.1, 0.15) is 15.9 Å². The zero-order valence-electron chi connectivity index (χ0n) is 12.1. The number of benzene rings is 2. The number of carbonyl (C=O) groups is 1. The number of hydrogen-bond acceptors (Lipinski definition) is 4. The average molecular weight is 300 g/mol. The van der Waals surface area contributed by atoms with Crippen molar-refractivity contribution in [1.82, 2.24) is 5.32 Å². The maximum atomic E-state index is 11.9. The van der Waals surface area contributed by atoms with E-state index in [4.69, 9.17) is 4.74 Å². The third kappa shape index (κ3) is 4.05. The van der Waals surface area contributed by atoms with Gasteiger partial charge in [-0.1, -0.05) is 12.1 Å². The summed E-state index contributed by atoms with van der Waals surface area (Å²) in [7, 11) is 1.61. The summed E-state index contributed by atoms with van der Waals surface area (Å²) in [5.41, 5.74) is 1.42. The van der Waals surface area contributed by atoms with Gasteiger partial charge in [-0.05, 0) is 36.2 Å². The fourth-order valence-corrected chi connectivity index (χ4v) is 1.98. The van der Waals surface area contributed by atoms with Gasteiger partial charge in [-0.15, -0.1) is 0 Å². The molecule has 0 aromatic heterocycles. The van der Waals surface area contributed by atoms with Crippen LogP contribution in [0.2, 0.25) is 0 Å². The summed E-state index contributed by atoms with van der Waals surface area (Å²) in [6.07, 6.45) is 0.677. The highest BCUT2D eigenvalue weighted by Crippen LogP contribution is 2.13. The Morgan fingerprint density at radius 3 is 2.59 bits per heavy atom. The number of rotatable bonds is 6. The zero-order chi connectivity index (χ0) is 15.9. The van der Waals surface area contributed by atoms with Gasteiger partial charge in [0.1, 0.15) is 5.75 Å². The first kappa shape index (κ1) is 15.5. The van der Waals surface area contributed by atoms with E-state index in [-0.39, 0.29) is 11.6 Å². The minimum Gasteiger partial charge on any atom is -0.497 e. The molecule has 0 fully saturated rings. The molecule has 2 aromatic rings. The van der Waals surface area contributed by atoms with Crippen LogP contribution in [0.4, 0.5) is 5.69 Å². The smallest absolute Gasteiger partial charge is 0.269 e. The van der Waals surface area contributed by atoms with Gasteiger partial charge in [0.15, 0.2) is 0 Å². The summed E-state index contributed by atoms with van der Waals surface area (Å²) >= 11 is 0. The van der Waals surface area contributed by atoms with Gasteiger partial charge < -0.3 is 10.1 Å². The lowest BCUT2D eigenvalue weighted by Gasteiger charge is -2.06. The van der Waals surface area contributed by atoms with E-state index in [2.05, 4.69) is 5.32 Å². The van der Waals surface area contributed by atoms with Crippen molar-refractivity contribution < 1.29 is 14.5 Å². The van der Waals surface area contributed by atoms with Crippen LogP contribution in [-0.2, 0) is 6.42 Å². The fourth-order valence-electron chi connectivity index (χ4n) is 1.98. The Bertz CT molecular complexity index is 668. The van der Waals surface area contributed by atoms with Gasteiger partial charge in [-0.25, -0.2) is 0 Å². The van der Waals surface area contributed by atoms with Crippen LogP contribution in [-0.4, -0.2) is 24.5 Å². The molecule has 0 saturated heterocycles. The Morgan fingerprint density at radius 1 is 1.23 bits per heavy atom. The Balaban J connectivity index is 1.88. The lowest BCUT2D eigenvalue weighted by molar-refractivity contribution is -0.384. The second-order valence-corrected chi connectivity index (χ2v) is 4.66. The van der Waals surface area contributed by atoms with E-state index < -0.39 is 4.92 Å². The highest BCUT2D eigenvalue weighted by Gasteiger charge is 2.08. The molecule has 1 N–H and O–H groups in total. The SMILES string of the molecule is COc1cccc(CCNC(=O)c2ccc([N+](=O)[O-])cc2)c1. The van der Waals surface area contributed by atoms with E-state index in [1.165, 1.54) is 24.3 Å².